The van der Waals surface area contributed by atoms with Gasteiger partial charge in [0.15, 0.2) is 0 Å². The molecule has 1 nitrogen and oxygen atoms in total. The number of halogens is 3. The van der Waals surface area contributed by atoms with Crippen molar-refractivity contribution < 1.29 is 13.2 Å². The molecule has 0 aliphatic rings. The minimum absolute atomic E-state index is 0.145. The summed E-state index contributed by atoms with van der Waals surface area (Å²) in [5, 5.41) is 0. The number of hydrogen-bond acceptors (Lipinski definition) is 1. The van der Waals surface area contributed by atoms with Crippen LogP contribution in [0.2, 0.25) is 0 Å². The first-order valence-electron chi connectivity index (χ1n) is 5.24. The van der Waals surface area contributed by atoms with Gasteiger partial charge in [-0.1, -0.05) is 26.0 Å². The summed E-state index contributed by atoms with van der Waals surface area (Å²) < 4.78 is 38.3. The van der Waals surface area contributed by atoms with E-state index in [4.69, 9.17) is 5.73 Å². The summed E-state index contributed by atoms with van der Waals surface area (Å²) in [5.41, 5.74) is 5.85. The molecule has 0 amide bonds. The molecule has 16 heavy (non-hydrogen) atoms. The van der Waals surface area contributed by atoms with Crippen molar-refractivity contribution >= 4 is 0 Å². The van der Waals surface area contributed by atoms with Crippen LogP contribution >= 0.6 is 0 Å². The molecule has 1 rings (SSSR count). The summed E-state index contributed by atoms with van der Waals surface area (Å²) in [7, 11) is 0. The van der Waals surface area contributed by atoms with Gasteiger partial charge in [0.2, 0.25) is 0 Å². The van der Waals surface area contributed by atoms with Crippen LogP contribution in [0.15, 0.2) is 18.2 Å². The van der Waals surface area contributed by atoms with Gasteiger partial charge >= 0.3 is 6.18 Å². The van der Waals surface area contributed by atoms with Gasteiger partial charge in [0.05, 0.1) is 5.56 Å². The summed E-state index contributed by atoms with van der Waals surface area (Å²) >= 11 is 0. The minimum atomic E-state index is -4.30. The molecule has 0 unspecified atom stereocenters. The Kier molecular flexibility index (Phi) is 3.97. The van der Waals surface area contributed by atoms with Crippen LogP contribution in [0.3, 0.4) is 0 Å². The van der Waals surface area contributed by atoms with E-state index in [1.807, 2.05) is 13.8 Å². The Morgan fingerprint density at radius 2 is 1.88 bits per heavy atom. The zero-order valence-electron chi connectivity index (χ0n) is 9.43. The average molecular weight is 231 g/mol. The van der Waals surface area contributed by atoms with Crippen molar-refractivity contribution in [2.45, 2.75) is 33.0 Å². The van der Waals surface area contributed by atoms with E-state index in [2.05, 4.69) is 0 Å². The number of rotatable bonds is 3. The number of alkyl halides is 3. The fourth-order valence-corrected chi connectivity index (χ4v) is 1.74. The highest BCUT2D eigenvalue weighted by molar-refractivity contribution is 5.37. The molecule has 0 spiro atoms. The molecule has 0 saturated heterocycles. The lowest BCUT2D eigenvalue weighted by atomic mass is 9.93. The summed E-state index contributed by atoms with van der Waals surface area (Å²) in [4.78, 5) is 0. The summed E-state index contributed by atoms with van der Waals surface area (Å²) in [6.07, 6.45) is -3.89. The first kappa shape index (κ1) is 13.0. The molecule has 0 aromatic heterocycles. The Morgan fingerprint density at radius 1 is 1.25 bits per heavy atom. The predicted molar refractivity (Wildman–Crippen MR) is 57.9 cm³/mol. The Hall–Kier alpha value is -1.03. The zero-order chi connectivity index (χ0) is 12.3. The van der Waals surface area contributed by atoms with Crippen molar-refractivity contribution in [2.75, 3.05) is 0 Å². The largest absolute Gasteiger partial charge is 0.416 e. The van der Waals surface area contributed by atoms with Crippen molar-refractivity contribution in [1.82, 2.24) is 0 Å². The third-order valence-corrected chi connectivity index (χ3v) is 2.41. The van der Waals surface area contributed by atoms with E-state index in [1.54, 1.807) is 6.07 Å². The van der Waals surface area contributed by atoms with Crippen LogP contribution in [0.1, 0.15) is 30.5 Å². The molecular formula is C12H16F3N. The van der Waals surface area contributed by atoms with E-state index in [9.17, 15) is 13.2 Å². The third-order valence-electron chi connectivity index (χ3n) is 2.41. The van der Waals surface area contributed by atoms with Gasteiger partial charge in [0.1, 0.15) is 0 Å². The zero-order valence-corrected chi connectivity index (χ0v) is 9.43. The van der Waals surface area contributed by atoms with Gasteiger partial charge in [0, 0.05) is 6.54 Å². The molecule has 0 radical (unpaired) electrons. The number of nitrogens with two attached hydrogens (primary N) is 1. The van der Waals surface area contributed by atoms with Crippen LogP contribution < -0.4 is 5.73 Å². The molecule has 0 heterocycles. The molecule has 0 bridgehead atoms. The van der Waals surface area contributed by atoms with Crippen LogP contribution in [0.25, 0.3) is 0 Å². The lowest BCUT2D eigenvalue weighted by Gasteiger charge is -2.17. The minimum Gasteiger partial charge on any atom is -0.326 e. The molecule has 4 heteroatoms. The maximum absolute atomic E-state index is 12.8. The smallest absolute Gasteiger partial charge is 0.326 e. The molecule has 0 saturated carbocycles. The summed E-state index contributed by atoms with van der Waals surface area (Å²) in [6.45, 7) is 3.94. The first-order chi connectivity index (χ1) is 7.36. The standard InChI is InChI=1S/C12H16F3N/c1-8(2)6-10-9(7-16)4-3-5-11(10)12(13,14)15/h3-5,8H,6-7,16H2,1-2H3. The average Bonchev–Trinajstić information content (AvgIpc) is 2.15. The molecule has 0 aliphatic heterocycles. The van der Waals surface area contributed by atoms with Crippen LogP contribution in [0.5, 0.6) is 0 Å². The lowest BCUT2D eigenvalue weighted by Crippen LogP contribution is -2.14. The predicted octanol–water partition coefficient (Wildman–Crippen LogP) is 3.36. The van der Waals surface area contributed by atoms with Gasteiger partial charge < -0.3 is 5.73 Å². The second-order valence-electron chi connectivity index (χ2n) is 4.24. The van der Waals surface area contributed by atoms with Gasteiger partial charge in [0.25, 0.3) is 0 Å². The molecule has 0 atom stereocenters. The third kappa shape index (κ3) is 2.98. The van der Waals surface area contributed by atoms with E-state index in [0.29, 0.717) is 17.5 Å². The van der Waals surface area contributed by atoms with Crippen LogP contribution in [-0.4, -0.2) is 0 Å². The monoisotopic (exact) mass is 231 g/mol. The van der Waals surface area contributed by atoms with Crippen LogP contribution in [0, 0.1) is 5.92 Å². The van der Waals surface area contributed by atoms with Crippen molar-refractivity contribution in [2.24, 2.45) is 11.7 Å². The van der Waals surface area contributed by atoms with Crippen molar-refractivity contribution in [3.8, 4) is 0 Å². The molecular weight excluding hydrogens is 215 g/mol. The highest BCUT2D eigenvalue weighted by Gasteiger charge is 2.33. The fraction of sp³-hybridized carbons (Fsp3) is 0.500. The molecule has 1 aromatic rings. The number of benzene rings is 1. The lowest BCUT2D eigenvalue weighted by molar-refractivity contribution is -0.138. The molecule has 2 N–H and O–H groups in total. The number of hydrogen-bond donors (Lipinski definition) is 1. The highest BCUT2D eigenvalue weighted by atomic mass is 19.4. The Morgan fingerprint density at radius 3 is 2.31 bits per heavy atom. The molecule has 1 aromatic carbocycles. The topological polar surface area (TPSA) is 26.0 Å². The van der Waals surface area contributed by atoms with Crippen LogP contribution in [0.4, 0.5) is 13.2 Å². The SMILES string of the molecule is CC(C)Cc1c(CN)cccc1C(F)(F)F. The molecule has 90 valence electrons. The van der Waals surface area contributed by atoms with Gasteiger partial charge in [-0.15, -0.1) is 0 Å². The maximum Gasteiger partial charge on any atom is 0.416 e. The van der Waals surface area contributed by atoms with Crippen molar-refractivity contribution in [1.29, 1.82) is 0 Å². The molecule has 0 fully saturated rings. The Labute approximate surface area is 93.5 Å². The Bertz CT molecular complexity index is 356. The first-order valence-corrected chi connectivity index (χ1v) is 5.24. The normalized spacial score (nSPS) is 12.2. The maximum atomic E-state index is 12.8. The van der Waals surface area contributed by atoms with Gasteiger partial charge in [-0.3, -0.25) is 0 Å². The van der Waals surface area contributed by atoms with E-state index < -0.39 is 11.7 Å². The van der Waals surface area contributed by atoms with Gasteiger partial charge in [-0.05, 0) is 29.5 Å². The van der Waals surface area contributed by atoms with E-state index >= 15 is 0 Å². The van der Waals surface area contributed by atoms with Gasteiger partial charge in [-0.2, -0.15) is 13.2 Å². The van der Waals surface area contributed by atoms with Gasteiger partial charge in [-0.25, -0.2) is 0 Å². The van der Waals surface area contributed by atoms with E-state index in [0.717, 1.165) is 6.07 Å². The second kappa shape index (κ2) is 4.87. The van der Waals surface area contributed by atoms with Crippen molar-refractivity contribution in [3.63, 3.8) is 0 Å². The molecule has 0 aliphatic carbocycles. The summed E-state index contributed by atoms with van der Waals surface area (Å²) in [6, 6.07) is 4.19. The summed E-state index contributed by atoms with van der Waals surface area (Å²) in [5.74, 6) is 0.175. The Balaban J connectivity index is 3.26. The quantitative estimate of drug-likeness (QED) is 0.848. The van der Waals surface area contributed by atoms with Crippen LogP contribution in [-0.2, 0) is 19.1 Å². The van der Waals surface area contributed by atoms with E-state index in [-0.39, 0.29) is 12.5 Å². The van der Waals surface area contributed by atoms with Crippen molar-refractivity contribution in [3.05, 3.63) is 34.9 Å². The fourth-order valence-electron chi connectivity index (χ4n) is 1.74. The second-order valence-corrected chi connectivity index (χ2v) is 4.24. The van der Waals surface area contributed by atoms with E-state index in [1.165, 1.54) is 6.07 Å². The highest BCUT2D eigenvalue weighted by Crippen LogP contribution is 2.34.